The highest BCUT2D eigenvalue weighted by atomic mass is 79.9. The summed E-state index contributed by atoms with van der Waals surface area (Å²) in [5.74, 6) is 0.569. The minimum absolute atomic E-state index is 0.0182. The van der Waals surface area contributed by atoms with Gasteiger partial charge < -0.3 is 14.6 Å². The quantitative estimate of drug-likeness (QED) is 0.298. The van der Waals surface area contributed by atoms with E-state index in [1.807, 2.05) is 49.4 Å². The van der Waals surface area contributed by atoms with Crippen molar-refractivity contribution in [1.82, 2.24) is 5.43 Å². The summed E-state index contributed by atoms with van der Waals surface area (Å²) >= 11 is 3.27. The number of aromatic hydroxyl groups is 1. The van der Waals surface area contributed by atoms with E-state index < -0.39 is 0 Å². The van der Waals surface area contributed by atoms with Crippen molar-refractivity contribution >= 4 is 28.1 Å². The Bertz CT molecular complexity index is 1110. The van der Waals surface area contributed by atoms with Crippen LogP contribution in [0.2, 0.25) is 0 Å². The zero-order chi connectivity index (χ0) is 23.8. The van der Waals surface area contributed by atoms with Gasteiger partial charge in [0.2, 0.25) is 0 Å². The Morgan fingerprint density at radius 3 is 2.39 bits per heavy atom. The molecule has 0 radical (unpaired) electrons. The van der Waals surface area contributed by atoms with Gasteiger partial charge in [0.15, 0.2) is 18.1 Å². The zero-order valence-corrected chi connectivity index (χ0v) is 20.4. The first kappa shape index (κ1) is 24.3. The predicted octanol–water partition coefficient (Wildman–Crippen LogP) is 5.41. The molecule has 0 saturated heterocycles. The van der Waals surface area contributed by atoms with Gasteiger partial charge in [-0.05, 0) is 63.8 Å². The van der Waals surface area contributed by atoms with E-state index in [2.05, 4.69) is 52.4 Å². The van der Waals surface area contributed by atoms with Gasteiger partial charge in [0.05, 0.1) is 17.3 Å². The Morgan fingerprint density at radius 1 is 1.06 bits per heavy atom. The molecule has 3 aromatic rings. The summed E-state index contributed by atoms with van der Waals surface area (Å²) in [4.78, 5) is 12.1. The summed E-state index contributed by atoms with van der Waals surface area (Å²) in [7, 11) is 0. The average molecular weight is 511 g/mol. The summed E-state index contributed by atoms with van der Waals surface area (Å²) in [6.07, 6.45) is 1.46. The van der Waals surface area contributed by atoms with Crippen molar-refractivity contribution in [2.75, 3.05) is 13.2 Å². The fourth-order valence-corrected chi connectivity index (χ4v) is 3.74. The van der Waals surface area contributed by atoms with E-state index >= 15 is 0 Å². The van der Waals surface area contributed by atoms with Crippen LogP contribution in [-0.2, 0) is 10.2 Å². The van der Waals surface area contributed by atoms with Gasteiger partial charge in [-0.2, -0.15) is 5.10 Å². The molecular weight excluding hydrogens is 484 g/mol. The Kier molecular flexibility index (Phi) is 8.11. The van der Waals surface area contributed by atoms with Crippen LogP contribution in [0.25, 0.3) is 0 Å². The standard InChI is InChI=1S/C26H27BrN2O4/c1-4-32-23-15-18(14-22(27)25(23)31)16-28-29-24(30)17-33-21-12-10-20(11-13-21)26(2,3)19-8-6-5-7-9-19/h5-16,31H,4,17H2,1-3H3,(H,29,30)/b28-16+. The fourth-order valence-electron chi connectivity index (χ4n) is 3.28. The molecule has 172 valence electrons. The van der Waals surface area contributed by atoms with Crippen LogP contribution < -0.4 is 14.9 Å². The van der Waals surface area contributed by atoms with Crippen LogP contribution in [0.4, 0.5) is 0 Å². The van der Waals surface area contributed by atoms with Crippen molar-refractivity contribution in [3.05, 3.63) is 87.9 Å². The van der Waals surface area contributed by atoms with Crippen molar-refractivity contribution in [3.8, 4) is 17.2 Å². The van der Waals surface area contributed by atoms with Gasteiger partial charge in [0, 0.05) is 5.41 Å². The number of nitrogens with zero attached hydrogens (tertiary/aromatic N) is 1. The van der Waals surface area contributed by atoms with E-state index in [-0.39, 0.29) is 23.7 Å². The number of halogens is 1. The number of phenols is 1. The summed E-state index contributed by atoms with van der Waals surface area (Å²) in [6, 6.07) is 21.4. The minimum Gasteiger partial charge on any atom is -0.503 e. The van der Waals surface area contributed by atoms with Gasteiger partial charge in [-0.1, -0.05) is 56.3 Å². The Labute approximate surface area is 202 Å². The van der Waals surface area contributed by atoms with Gasteiger partial charge in [0.1, 0.15) is 5.75 Å². The molecule has 0 bridgehead atoms. The molecule has 0 aliphatic heterocycles. The zero-order valence-electron chi connectivity index (χ0n) is 18.8. The molecule has 3 aromatic carbocycles. The third-order valence-corrected chi connectivity index (χ3v) is 5.80. The number of nitrogens with one attached hydrogen (secondary N) is 1. The summed E-state index contributed by atoms with van der Waals surface area (Å²) < 4.78 is 11.4. The summed E-state index contributed by atoms with van der Waals surface area (Å²) in [5.41, 5.74) is 5.32. The second-order valence-electron chi connectivity index (χ2n) is 7.88. The van der Waals surface area contributed by atoms with E-state index in [4.69, 9.17) is 9.47 Å². The normalized spacial score (nSPS) is 11.4. The maximum absolute atomic E-state index is 12.1. The maximum atomic E-state index is 12.1. The lowest BCUT2D eigenvalue weighted by Crippen LogP contribution is -2.24. The van der Waals surface area contributed by atoms with Crippen LogP contribution in [0.3, 0.4) is 0 Å². The molecule has 0 fully saturated rings. The van der Waals surface area contributed by atoms with Crippen LogP contribution in [0.5, 0.6) is 17.2 Å². The lowest BCUT2D eigenvalue weighted by Gasteiger charge is -2.26. The fraction of sp³-hybridized carbons (Fsp3) is 0.231. The highest BCUT2D eigenvalue weighted by Crippen LogP contribution is 2.35. The number of rotatable bonds is 9. The lowest BCUT2D eigenvalue weighted by atomic mass is 9.78. The lowest BCUT2D eigenvalue weighted by molar-refractivity contribution is -0.123. The molecule has 0 spiro atoms. The third kappa shape index (κ3) is 6.35. The minimum atomic E-state index is -0.386. The van der Waals surface area contributed by atoms with Gasteiger partial charge in [-0.15, -0.1) is 0 Å². The van der Waals surface area contributed by atoms with Crippen molar-refractivity contribution in [1.29, 1.82) is 0 Å². The highest BCUT2D eigenvalue weighted by Gasteiger charge is 2.22. The number of carbonyl (C=O) groups excluding carboxylic acids is 1. The molecule has 2 N–H and O–H groups in total. The molecule has 0 aliphatic carbocycles. The van der Waals surface area contributed by atoms with E-state index in [0.717, 1.165) is 5.56 Å². The van der Waals surface area contributed by atoms with Crippen molar-refractivity contribution in [2.45, 2.75) is 26.2 Å². The molecule has 0 aliphatic rings. The maximum Gasteiger partial charge on any atom is 0.277 e. The first-order chi connectivity index (χ1) is 15.8. The molecule has 0 heterocycles. The van der Waals surface area contributed by atoms with Crippen molar-refractivity contribution in [2.24, 2.45) is 5.10 Å². The van der Waals surface area contributed by atoms with Gasteiger partial charge >= 0.3 is 0 Å². The Morgan fingerprint density at radius 2 is 1.73 bits per heavy atom. The second kappa shape index (κ2) is 11.0. The number of ether oxygens (including phenoxy) is 2. The SMILES string of the molecule is CCOc1cc(/C=N/NC(=O)COc2ccc(C(C)(C)c3ccccc3)cc2)cc(Br)c1O. The molecule has 0 atom stereocenters. The van der Waals surface area contributed by atoms with E-state index in [1.165, 1.54) is 11.8 Å². The number of benzene rings is 3. The molecule has 3 rings (SSSR count). The molecule has 7 heteroatoms. The van der Waals surface area contributed by atoms with Crippen LogP contribution >= 0.6 is 15.9 Å². The van der Waals surface area contributed by atoms with Gasteiger partial charge in [-0.25, -0.2) is 5.43 Å². The Balaban J connectivity index is 1.54. The van der Waals surface area contributed by atoms with Crippen molar-refractivity contribution < 1.29 is 19.4 Å². The number of carbonyl (C=O) groups is 1. The van der Waals surface area contributed by atoms with E-state index in [0.29, 0.717) is 28.1 Å². The first-order valence-corrected chi connectivity index (χ1v) is 11.4. The number of amides is 1. The van der Waals surface area contributed by atoms with Gasteiger partial charge in [0.25, 0.3) is 5.91 Å². The third-order valence-electron chi connectivity index (χ3n) is 5.19. The summed E-state index contributed by atoms with van der Waals surface area (Å²) in [5, 5.41) is 13.9. The molecular formula is C26H27BrN2O4. The monoisotopic (exact) mass is 510 g/mol. The highest BCUT2D eigenvalue weighted by molar-refractivity contribution is 9.10. The van der Waals surface area contributed by atoms with E-state index in [9.17, 15) is 9.90 Å². The average Bonchev–Trinajstić information content (AvgIpc) is 2.82. The van der Waals surface area contributed by atoms with Crippen LogP contribution in [0, 0.1) is 0 Å². The van der Waals surface area contributed by atoms with Crippen LogP contribution in [0.15, 0.2) is 76.3 Å². The topological polar surface area (TPSA) is 80.2 Å². The second-order valence-corrected chi connectivity index (χ2v) is 8.73. The van der Waals surface area contributed by atoms with E-state index in [1.54, 1.807) is 12.1 Å². The van der Waals surface area contributed by atoms with Crippen LogP contribution in [0.1, 0.15) is 37.5 Å². The smallest absolute Gasteiger partial charge is 0.277 e. The number of phenolic OH excluding ortho intramolecular Hbond substituents is 1. The summed E-state index contributed by atoms with van der Waals surface area (Å²) in [6.45, 7) is 6.43. The number of hydrogen-bond donors (Lipinski definition) is 2. The largest absolute Gasteiger partial charge is 0.503 e. The van der Waals surface area contributed by atoms with Gasteiger partial charge in [-0.3, -0.25) is 4.79 Å². The molecule has 1 amide bonds. The predicted molar refractivity (Wildman–Crippen MR) is 133 cm³/mol. The molecule has 0 unspecified atom stereocenters. The number of hydrogen-bond acceptors (Lipinski definition) is 5. The molecule has 0 aromatic heterocycles. The van der Waals surface area contributed by atoms with Crippen LogP contribution in [-0.4, -0.2) is 30.4 Å². The molecule has 6 nitrogen and oxygen atoms in total. The Hall–Kier alpha value is -3.32. The van der Waals surface area contributed by atoms with Crippen molar-refractivity contribution in [3.63, 3.8) is 0 Å². The first-order valence-electron chi connectivity index (χ1n) is 10.6. The molecule has 0 saturated carbocycles. The molecule has 33 heavy (non-hydrogen) atoms. The number of hydrazone groups is 1.